The molecule has 2 aromatic carbocycles. The average Bonchev–Trinajstić information content (AvgIpc) is 2.72. The van der Waals surface area contributed by atoms with E-state index in [0.717, 1.165) is 6.07 Å². The maximum absolute atomic E-state index is 12.2. The molecule has 0 saturated carbocycles. The van der Waals surface area contributed by atoms with Gasteiger partial charge in [0.05, 0.1) is 4.92 Å². The third-order valence-corrected chi connectivity index (χ3v) is 3.13. The van der Waals surface area contributed by atoms with Gasteiger partial charge in [-0.25, -0.2) is 0 Å². The fraction of sp³-hybridized carbons (Fsp3) is 0. The monoisotopic (exact) mass is 252 g/mol. The summed E-state index contributed by atoms with van der Waals surface area (Å²) in [6.07, 6.45) is 1.61. The van der Waals surface area contributed by atoms with Crippen LogP contribution in [0.4, 0.5) is 5.69 Å². The van der Waals surface area contributed by atoms with Gasteiger partial charge in [0, 0.05) is 34.4 Å². The summed E-state index contributed by atoms with van der Waals surface area (Å²) in [5, 5.41) is 10.9. The topological polar surface area (TPSA) is 77.3 Å². The van der Waals surface area contributed by atoms with Crippen LogP contribution >= 0.6 is 0 Å². The molecule has 0 heterocycles. The van der Waals surface area contributed by atoms with E-state index in [2.05, 4.69) is 0 Å². The van der Waals surface area contributed by atoms with E-state index in [0.29, 0.717) is 16.7 Å². The molecular weight excluding hydrogens is 246 g/mol. The Bertz CT molecular complexity index is 749. The molecule has 91 valence electrons. The SMILES string of the molecule is O=[C]c1cc([N+](=O)[O-])cc2c1C(=O)c1ccccc1-2. The van der Waals surface area contributed by atoms with Gasteiger partial charge >= 0.3 is 0 Å². The molecule has 1 aliphatic carbocycles. The van der Waals surface area contributed by atoms with E-state index in [1.165, 1.54) is 6.07 Å². The van der Waals surface area contributed by atoms with E-state index < -0.39 is 4.92 Å². The van der Waals surface area contributed by atoms with E-state index in [4.69, 9.17) is 0 Å². The van der Waals surface area contributed by atoms with Gasteiger partial charge in [-0.1, -0.05) is 24.3 Å². The van der Waals surface area contributed by atoms with Crippen molar-refractivity contribution in [1.29, 1.82) is 0 Å². The molecule has 0 fully saturated rings. The summed E-state index contributed by atoms with van der Waals surface area (Å²) in [7, 11) is 0. The lowest BCUT2D eigenvalue weighted by molar-refractivity contribution is -0.384. The van der Waals surface area contributed by atoms with E-state index in [-0.39, 0.29) is 22.6 Å². The highest BCUT2D eigenvalue weighted by Crippen LogP contribution is 2.39. The summed E-state index contributed by atoms with van der Waals surface area (Å²) in [6, 6.07) is 9.19. The molecule has 0 aromatic heterocycles. The van der Waals surface area contributed by atoms with Crippen LogP contribution < -0.4 is 0 Å². The lowest BCUT2D eigenvalue weighted by atomic mass is 10.0. The summed E-state index contributed by atoms with van der Waals surface area (Å²) in [5.74, 6) is -0.293. The minimum atomic E-state index is -0.591. The highest BCUT2D eigenvalue weighted by Gasteiger charge is 2.31. The number of fused-ring (bicyclic) bond motifs is 3. The normalized spacial score (nSPS) is 11.9. The Morgan fingerprint density at radius 2 is 1.74 bits per heavy atom. The Morgan fingerprint density at radius 1 is 1.05 bits per heavy atom. The van der Waals surface area contributed by atoms with E-state index >= 15 is 0 Å². The van der Waals surface area contributed by atoms with E-state index in [1.54, 1.807) is 30.6 Å². The van der Waals surface area contributed by atoms with Crippen LogP contribution in [0.1, 0.15) is 21.5 Å². The van der Waals surface area contributed by atoms with Crippen molar-refractivity contribution in [2.45, 2.75) is 0 Å². The lowest BCUT2D eigenvalue weighted by Gasteiger charge is -2.01. The molecule has 19 heavy (non-hydrogen) atoms. The Hall–Kier alpha value is -2.82. The van der Waals surface area contributed by atoms with Crippen LogP contribution in [0.2, 0.25) is 0 Å². The first kappa shape index (κ1) is 11.3. The van der Waals surface area contributed by atoms with Crippen molar-refractivity contribution < 1.29 is 14.5 Å². The van der Waals surface area contributed by atoms with Gasteiger partial charge in [0.15, 0.2) is 5.78 Å². The van der Waals surface area contributed by atoms with Crippen molar-refractivity contribution in [3.8, 4) is 11.1 Å². The Kier molecular flexibility index (Phi) is 2.28. The summed E-state index contributed by atoms with van der Waals surface area (Å²) in [5.41, 5.74) is 1.40. The number of hydrogen-bond donors (Lipinski definition) is 0. The molecule has 0 amide bonds. The summed E-state index contributed by atoms with van der Waals surface area (Å²) < 4.78 is 0. The summed E-state index contributed by atoms with van der Waals surface area (Å²) in [6.45, 7) is 0. The van der Waals surface area contributed by atoms with Gasteiger partial charge in [0.1, 0.15) is 0 Å². The predicted octanol–water partition coefficient (Wildman–Crippen LogP) is 2.26. The van der Waals surface area contributed by atoms with Crippen molar-refractivity contribution in [3.63, 3.8) is 0 Å². The smallest absolute Gasteiger partial charge is 0.270 e. The first-order valence-corrected chi connectivity index (χ1v) is 5.48. The Morgan fingerprint density at radius 3 is 2.37 bits per heavy atom. The van der Waals surface area contributed by atoms with Crippen LogP contribution in [0.3, 0.4) is 0 Å². The highest BCUT2D eigenvalue weighted by molar-refractivity contribution is 6.24. The zero-order valence-corrected chi connectivity index (χ0v) is 9.54. The molecule has 5 heteroatoms. The average molecular weight is 252 g/mol. The number of ketones is 1. The fourth-order valence-corrected chi connectivity index (χ4v) is 2.32. The zero-order valence-electron chi connectivity index (χ0n) is 9.54. The van der Waals surface area contributed by atoms with Gasteiger partial charge in [0.2, 0.25) is 6.29 Å². The molecular formula is C14H6NO4. The number of rotatable bonds is 2. The number of carbonyl (C=O) groups excluding carboxylic acids is 2. The van der Waals surface area contributed by atoms with Gasteiger partial charge in [-0.3, -0.25) is 19.7 Å². The second-order valence-corrected chi connectivity index (χ2v) is 4.15. The first-order valence-electron chi connectivity index (χ1n) is 5.48. The molecule has 5 nitrogen and oxygen atoms in total. The van der Waals surface area contributed by atoms with Gasteiger partial charge in [0.25, 0.3) is 5.69 Å². The summed E-state index contributed by atoms with van der Waals surface area (Å²) >= 11 is 0. The zero-order chi connectivity index (χ0) is 13.6. The molecule has 0 spiro atoms. The van der Waals surface area contributed by atoms with Gasteiger partial charge in [-0.15, -0.1) is 0 Å². The van der Waals surface area contributed by atoms with Crippen LogP contribution in [0.5, 0.6) is 0 Å². The lowest BCUT2D eigenvalue weighted by Crippen LogP contribution is -2.01. The minimum Gasteiger partial charge on any atom is -0.289 e. The van der Waals surface area contributed by atoms with Crippen molar-refractivity contribution in [2.75, 3.05) is 0 Å². The second kappa shape index (κ2) is 3.84. The molecule has 0 saturated heterocycles. The quantitative estimate of drug-likeness (QED) is 0.517. The predicted molar refractivity (Wildman–Crippen MR) is 66.8 cm³/mol. The van der Waals surface area contributed by atoms with Crippen LogP contribution in [0, 0.1) is 10.1 Å². The van der Waals surface area contributed by atoms with Gasteiger partial charge in [-0.2, -0.15) is 0 Å². The molecule has 0 unspecified atom stereocenters. The molecule has 0 atom stereocenters. The Balaban J connectivity index is 2.39. The number of carbonyl (C=O) groups is 1. The fourth-order valence-electron chi connectivity index (χ4n) is 2.32. The van der Waals surface area contributed by atoms with Gasteiger partial charge in [-0.05, 0) is 5.56 Å². The number of non-ortho nitro benzene ring substituents is 1. The standard InChI is InChI=1S/C14H6NO4/c16-7-8-5-9(15(18)19)6-12-10-3-1-2-4-11(10)14(17)13(8)12/h1-6H. The number of hydrogen-bond acceptors (Lipinski definition) is 4. The maximum Gasteiger partial charge on any atom is 0.270 e. The highest BCUT2D eigenvalue weighted by atomic mass is 16.6. The van der Waals surface area contributed by atoms with Gasteiger partial charge < -0.3 is 0 Å². The first-order chi connectivity index (χ1) is 9.13. The molecule has 1 aliphatic rings. The number of nitro benzene ring substituents is 1. The third-order valence-electron chi connectivity index (χ3n) is 3.13. The largest absolute Gasteiger partial charge is 0.289 e. The van der Waals surface area contributed by atoms with Crippen LogP contribution in [0.25, 0.3) is 11.1 Å². The van der Waals surface area contributed by atoms with Crippen LogP contribution in [-0.2, 0) is 4.79 Å². The number of nitrogens with zero attached hydrogens (tertiary/aromatic N) is 1. The van der Waals surface area contributed by atoms with Crippen molar-refractivity contribution in [1.82, 2.24) is 0 Å². The van der Waals surface area contributed by atoms with Crippen LogP contribution in [-0.4, -0.2) is 17.0 Å². The maximum atomic E-state index is 12.2. The molecule has 0 aliphatic heterocycles. The minimum absolute atomic E-state index is 0.0644. The number of nitro groups is 1. The number of benzene rings is 2. The van der Waals surface area contributed by atoms with Crippen LogP contribution in [0.15, 0.2) is 36.4 Å². The molecule has 2 aromatic rings. The van der Waals surface area contributed by atoms with Crippen molar-refractivity contribution in [3.05, 3.63) is 63.2 Å². The van der Waals surface area contributed by atoms with E-state index in [1.807, 2.05) is 0 Å². The Labute approximate surface area is 107 Å². The summed E-state index contributed by atoms with van der Waals surface area (Å²) in [4.78, 5) is 33.4. The van der Waals surface area contributed by atoms with Crippen molar-refractivity contribution in [2.24, 2.45) is 0 Å². The molecule has 3 rings (SSSR count). The third kappa shape index (κ3) is 1.48. The molecule has 0 N–H and O–H groups in total. The molecule has 0 bridgehead atoms. The van der Waals surface area contributed by atoms with Crippen molar-refractivity contribution >= 4 is 17.8 Å². The molecule has 1 radical (unpaired) electrons. The second-order valence-electron chi connectivity index (χ2n) is 4.15. The van der Waals surface area contributed by atoms with E-state index in [9.17, 15) is 19.7 Å².